The van der Waals surface area contributed by atoms with Crippen molar-refractivity contribution < 1.29 is 28.7 Å². The van der Waals surface area contributed by atoms with Gasteiger partial charge in [-0.3, -0.25) is 34.9 Å². The van der Waals surface area contributed by atoms with Crippen LogP contribution in [0.25, 0.3) is 0 Å². The molecule has 3 aliphatic carbocycles. The van der Waals surface area contributed by atoms with E-state index in [0.717, 1.165) is 33.6 Å². The van der Waals surface area contributed by atoms with Crippen LogP contribution < -0.4 is 10.9 Å². The Morgan fingerprint density at radius 2 is 1.33 bits per heavy atom. The van der Waals surface area contributed by atoms with Gasteiger partial charge in [0, 0.05) is 22.4 Å². The van der Waals surface area contributed by atoms with Crippen molar-refractivity contribution in [3.05, 3.63) is 106 Å². The molecule has 4 aliphatic rings. The molecule has 4 amide bonds. The largest absolute Gasteiger partial charge is 0.454 e. The zero-order valence-corrected chi connectivity index (χ0v) is 24.2. The molecule has 9 nitrogen and oxygen atoms in total. The van der Waals surface area contributed by atoms with Gasteiger partial charge >= 0.3 is 5.97 Å². The van der Waals surface area contributed by atoms with Crippen molar-refractivity contribution in [2.45, 2.75) is 44.1 Å². The first kappa shape index (κ1) is 28.6. The molecule has 7 rings (SSSR count). The Kier molecular flexibility index (Phi) is 7.75. The number of rotatable bonds is 8. The number of benzene rings is 3. The number of hydrogen-bond acceptors (Lipinski definition) is 6. The molecule has 3 aromatic rings. The number of carbonyl (C=O) groups excluding carboxylic acids is 5. The summed E-state index contributed by atoms with van der Waals surface area (Å²) in [6.07, 6.45) is 1.52. The molecule has 0 radical (unpaired) electrons. The quantitative estimate of drug-likeness (QED) is 0.228. The molecule has 1 fully saturated rings. The van der Waals surface area contributed by atoms with Crippen molar-refractivity contribution in [3.8, 4) is 0 Å². The Morgan fingerprint density at radius 3 is 1.81 bits per heavy atom. The predicted octanol–water partition coefficient (Wildman–Crippen LogP) is 4.10. The Morgan fingerprint density at radius 1 is 0.814 bits per heavy atom. The maximum Gasteiger partial charge on any atom is 0.329 e. The number of imide groups is 1. The van der Waals surface area contributed by atoms with E-state index >= 15 is 0 Å². The van der Waals surface area contributed by atoms with Gasteiger partial charge in [0.1, 0.15) is 6.04 Å². The second-order valence-electron chi connectivity index (χ2n) is 11.1. The fraction of sp³-hybridized carbons (Fsp3) is 0.303. The smallest absolute Gasteiger partial charge is 0.329 e. The average Bonchev–Trinajstić information content (AvgIpc) is 3.29. The number of hydrazine groups is 1. The van der Waals surface area contributed by atoms with Crippen LogP contribution in [0.3, 0.4) is 0 Å². The van der Waals surface area contributed by atoms with Gasteiger partial charge in [0.05, 0.1) is 11.8 Å². The van der Waals surface area contributed by atoms with E-state index in [-0.39, 0.29) is 35.6 Å². The molecule has 0 spiro atoms. The van der Waals surface area contributed by atoms with Crippen LogP contribution in [0.2, 0.25) is 5.02 Å². The lowest BCUT2D eigenvalue weighted by Crippen LogP contribution is -2.48. The lowest BCUT2D eigenvalue weighted by Gasteiger charge is -2.45. The zero-order valence-electron chi connectivity index (χ0n) is 23.4. The van der Waals surface area contributed by atoms with Gasteiger partial charge in [-0.25, -0.2) is 4.79 Å². The number of likely N-dealkylation sites (tertiary alicyclic amines) is 1. The van der Waals surface area contributed by atoms with Crippen molar-refractivity contribution in [3.63, 3.8) is 0 Å². The zero-order chi connectivity index (χ0) is 30.2. The molecule has 0 unspecified atom stereocenters. The molecule has 3 aromatic carbocycles. The van der Waals surface area contributed by atoms with E-state index in [1.54, 1.807) is 0 Å². The van der Waals surface area contributed by atoms with Crippen LogP contribution in [0.4, 0.5) is 0 Å². The van der Waals surface area contributed by atoms with Crippen molar-refractivity contribution in [1.29, 1.82) is 0 Å². The van der Waals surface area contributed by atoms with E-state index in [9.17, 15) is 24.0 Å². The number of unbranched alkanes of at least 4 members (excludes halogenated alkanes) is 1. The minimum Gasteiger partial charge on any atom is -0.454 e. The first-order chi connectivity index (χ1) is 20.8. The van der Waals surface area contributed by atoms with Crippen LogP contribution in [0, 0.1) is 11.8 Å². The topological polar surface area (TPSA) is 122 Å². The third kappa shape index (κ3) is 4.97. The highest BCUT2D eigenvalue weighted by Gasteiger charge is 2.63. The minimum atomic E-state index is -1.16. The fourth-order valence-corrected chi connectivity index (χ4v) is 6.95. The highest BCUT2D eigenvalue weighted by atomic mass is 35.5. The van der Waals surface area contributed by atoms with Gasteiger partial charge in [-0.1, -0.05) is 79.9 Å². The maximum absolute atomic E-state index is 14.1. The second-order valence-corrected chi connectivity index (χ2v) is 11.5. The van der Waals surface area contributed by atoms with Crippen molar-refractivity contribution in [2.75, 3.05) is 6.61 Å². The van der Waals surface area contributed by atoms with Crippen LogP contribution in [-0.2, 0) is 23.9 Å². The van der Waals surface area contributed by atoms with Gasteiger partial charge in [0.2, 0.25) is 11.8 Å². The van der Waals surface area contributed by atoms with Gasteiger partial charge in [-0.2, -0.15) is 0 Å². The number of nitrogens with one attached hydrogen (secondary N) is 2. The summed E-state index contributed by atoms with van der Waals surface area (Å²) in [6.45, 7) is 1.24. The molecule has 220 valence electrons. The summed E-state index contributed by atoms with van der Waals surface area (Å²) in [4.78, 5) is 67.4. The normalized spacial score (nSPS) is 21.9. The van der Waals surface area contributed by atoms with E-state index in [0.29, 0.717) is 11.4 Å². The summed E-state index contributed by atoms with van der Waals surface area (Å²) < 4.78 is 5.31. The van der Waals surface area contributed by atoms with Gasteiger partial charge < -0.3 is 4.74 Å². The Hall–Kier alpha value is -4.50. The molecule has 2 bridgehead atoms. The number of nitrogens with zero attached hydrogens (tertiary/aromatic N) is 1. The summed E-state index contributed by atoms with van der Waals surface area (Å²) in [5, 5.41) is 0.459. The average molecular weight is 600 g/mol. The van der Waals surface area contributed by atoms with E-state index < -0.39 is 42.3 Å². The van der Waals surface area contributed by atoms with E-state index in [4.69, 9.17) is 16.3 Å². The molecule has 1 heterocycles. The third-order valence-electron chi connectivity index (χ3n) is 8.66. The molecule has 0 saturated carbocycles. The van der Waals surface area contributed by atoms with E-state index in [1.807, 2.05) is 55.5 Å². The predicted molar refractivity (Wildman–Crippen MR) is 157 cm³/mol. The van der Waals surface area contributed by atoms with Gasteiger partial charge in [-0.15, -0.1) is 0 Å². The van der Waals surface area contributed by atoms with Crippen LogP contribution in [-0.4, -0.2) is 47.1 Å². The molecule has 1 aliphatic heterocycles. The van der Waals surface area contributed by atoms with E-state index in [2.05, 4.69) is 10.9 Å². The Bertz CT molecular complexity index is 1510. The first-order valence-corrected chi connectivity index (χ1v) is 14.8. The van der Waals surface area contributed by atoms with Crippen molar-refractivity contribution in [1.82, 2.24) is 15.8 Å². The second kappa shape index (κ2) is 11.6. The first-order valence-electron chi connectivity index (χ1n) is 14.4. The third-order valence-corrected chi connectivity index (χ3v) is 8.92. The summed E-state index contributed by atoms with van der Waals surface area (Å²) >= 11 is 5.84. The number of esters is 1. The summed E-state index contributed by atoms with van der Waals surface area (Å²) in [7, 11) is 0. The number of halogens is 1. The summed E-state index contributed by atoms with van der Waals surface area (Å²) in [6, 6.07) is 20.8. The fourth-order valence-electron chi connectivity index (χ4n) is 6.83. The number of amides is 4. The highest BCUT2D eigenvalue weighted by Crippen LogP contribution is 2.61. The van der Waals surface area contributed by atoms with Gasteiger partial charge in [0.15, 0.2) is 6.61 Å². The van der Waals surface area contributed by atoms with Crippen molar-refractivity contribution >= 4 is 41.2 Å². The molecule has 10 heteroatoms. The minimum absolute atomic E-state index is 0.219. The molecular weight excluding hydrogens is 570 g/mol. The molecule has 2 N–H and O–H groups in total. The monoisotopic (exact) mass is 599 g/mol. The lowest BCUT2D eigenvalue weighted by atomic mass is 9.55. The maximum atomic E-state index is 14.1. The number of carbonyl (C=O) groups is 5. The Labute approximate surface area is 253 Å². The van der Waals surface area contributed by atoms with Crippen LogP contribution in [0.15, 0.2) is 72.8 Å². The van der Waals surface area contributed by atoms with Crippen LogP contribution in [0.1, 0.15) is 70.6 Å². The Balaban J connectivity index is 1.19. The van der Waals surface area contributed by atoms with Gasteiger partial charge in [0.25, 0.3) is 11.8 Å². The van der Waals surface area contributed by atoms with Gasteiger partial charge in [-0.05, 0) is 52.9 Å². The van der Waals surface area contributed by atoms with Crippen molar-refractivity contribution in [2.24, 2.45) is 11.8 Å². The standard InChI is InChI=1S/C33H30ClN3O6/c1-2-3-12-24(33(42)43-17-25(38)35-36-30(39)18-13-15-19(34)16-14-18)37-31(40)28-26-20-8-4-5-9-21(20)27(29(28)32(37)41)23-11-7-6-10-22(23)26/h4-11,13-16,24,26-29H,2-3,12,17H2,1H3,(H,35,38)(H,36,39)/t24-,26?,27?,28-,29+/m1/s1. The van der Waals surface area contributed by atoms with Crippen LogP contribution in [0.5, 0.6) is 0 Å². The molecule has 0 aromatic heterocycles. The molecule has 1 saturated heterocycles. The SMILES string of the molecule is CCCC[C@H](C(=O)OCC(=O)NNC(=O)c1ccc(Cl)cc1)N1C(=O)[C@@H]2C3c4ccccc4C(c4ccccc43)[C@@H]2C1=O. The number of ether oxygens (including phenoxy) is 1. The lowest BCUT2D eigenvalue weighted by molar-refractivity contribution is -0.161. The number of hydrogen-bond donors (Lipinski definition) is 2. The highest BCUT2D eigenvalue weighted by molar-refractivity contribution is 6.30. The molecule has 43 heavy (non-hydrogen) atoms. The van der Waals surface area contributed by atoms with Crippen LogP contribution >= 0.6 is 11.6 Å². The molecular formula is C33H30ClN3O6. The summed E-state index contributed by atoms with van der Waals surface area (Å²) in [5.74, 6) is -4.78. The summed E-state index contributed by atoms with van der Waals surface area (Å²) in [5.41, 5.74) is 8.89. The molecule has 3 atom stereocenters. The van der Waals surface area contributed by atoms with E-state index in [1.165, 1.54) is 24.3 Å².